The maximum absolute atomic E-state index is 14.4. The lowest BCUT2D eigenvalue weighted by Crippen LogP contribution is -2.53. The average Bonchev–Trinajstić information content (AvgIpc) is 2.36. The molecule has 1 aliphatic rings. The predicted octanol–water partition coefficient (Wildman–Crippen LogP) is 1.93. The van der Waals surface area contributed by atoms with Gasteiger partial charge in [-0.1, -0.05) is 13.8 Å². The molecule has 0 saturated carbocycles. The average molecular weight is 308 g/mol. The highest BCUT2D eigenvalue weighted by atomic mass is 32.2. The van der Waals surface area contributed by atoms with Crippen LogP contribution in [0.5, 0.6) is 0 Å². The van der Waals surface area contributed by atoms with E-state index in [4.69, 9.17) is 14.2 Å². The molecule has 1 aliphatic heterocycles. The van der Waals surface area contributed by atoms with Crippen LogP contribution < -0.4 is 0 Å². The summed E-state index contributed by atoms with van der Waals surface area (Å²) in [5, 5.41) is 0. The Balaban J connectivity index is 2.79. The third kappa shape index (κ3) is 4.63. The lowest BCUT2D eigenvalue weighted by molar-refractivity contribution is -0.190. The summed E-state index contributed by atoms with van der Waals surface area (Å²) in [6, 6.07) is 0. The van der Waals surface area contributed by atoms with Crippen LogP contribution in [-0.4, -0.2) is 48.1 Å². The van der Waals surface area contributed by atoms with E-state index in [9.17, 15) is 14.0 Å². The summed E-state index contributed by atoms with van der Waals surface area (Å²) in [6.07, 6.45) is -3.31. The number of rotatable bonds is 5. The molecule has 0 radical (unpaired) electrons. The van der Waals surface area contributed by atoms with Crippen LogP contribution in [0, 0.1) is 5.92 Å². The van der Waals surface area contributed by atoms with E-state index in [2.05, 4.69) is 0 Å². The van der Waals surface area contributed by atoms with Crippen LogP contribution in [0.2, 0.25) is 0 Å². The van der Waals surface area contributed by atoms with Crippen molar-refractivity contribution >= 4 is 23.7 Å². The number of halogens is 1. The molecule has 116 valence electrons. The second kappa shape index (κ2) is 7.83. The number of hydrogen-bond donors (Lipinski definition) is 0. The van der Waals surface area contributed by atoms with Gasteiger partial charge in [-0.15, -0.1) is 11.8 Å². The fraction of sp³-hybridized carbons (Fsp3) is 0.846. The van der Waals surface area contributed by atoms with E-state index in [1.165, 1.54) is 25.6 Å². The van der Waals surface area contributed by atoms with Crippen LogP contribution in [0.3, 0.4) is 0 Å². The van der Waals surface area contributed by atoms with Crippen LogP contribution in [0.25, 0.3) is 0 Å². The number of ether oxygens (including phenoxy) is 3. The molecule has 0 aromatic rings. The maximum atomic E-state index is 14.4. The molecule has 0 amide bonds. The topological polar surface area (TPSA) is 61.8 Å². The van der Waals surface area contributed by atoms with Crippen molar-refractivity contribution in [2.24, 2.45) is 5.92 Å². The summed E-state index contributed by atoms with van der Waals surface area (Å²) in [6.45, 7) is 6.07. The highest BCUT2D eigenvalue weighted by molar-refractivity contribution is 7.99. The van der Waals surface area contributed by atoms with Gasteiger partial charge in [0.05, 0.1) is 0 Å². The summed E-state index contributed by atoms with van der Waals surface area (Å²) in [4.78, 5) is 22.0. The van der Waals surface area contributed by atoms with Crippen molar-refractivity contribution in [2.75, 3.05) is 12.4 Å². The third-order valence-corrected chi connectivity index (χ3v) is 4.21. The Morgan fingerprint density at radius 2 is 1.95 bits per heavy atom. The number of carbonyl (C=O) groups excluding carboxylic acids is 2. The first kappa shape index (κ1) is 17.2. The monoisotopic (exact) mass is 308 g/mol. The van der Waals surface area contributed by atoms with E-state index in [0.29, 0.717) is 0 Å². The molecule has 0 N–H and O–H groups in total. The van der Waals surface area contributed by atoms with E-state index in [-0.39, 0.29) is 18.0 Å². The highest BCUT2D eigenvalue weighted by Gasteiger charge is 2.46. The summed E-state index contributed by atoms with van der Waals surface area (Å²) < 4.78 is 29.9. The highest BCUT2D eigenvalue weighted by Crippen LogP contribution is 2.35. The van der Waals surface area contributed by atoms with E-state index < -0.39 is 30.3 Å². The molecule has 1 rings (SSSR count). The van der Waals surface area contributed by atoms with Gasteiger partial charge in [-0.25, -0.2) is 4.39 Å². The quantitative estimate of drug-likeness (QED) is 0.723. The minimum atomic E-state index is -1.51. The molecule has 1 saturated heterocycles. The molecular weight excluding hydrogens is 287 g/mol. The minimum absolute atomic E-state index is 0.179. The molecule has 3 unspecified atom stereocenters. The van der Waals surface area contributed by atoms with Gasteiger partial charge in [0, 0.05) is 19.8 Å². The number of esters is 2. The number of thioether (sulfide) groups is 1. The zero-order valence-electron chi connectivity index (χ0n) is 12.1. The molecule has 5 atom stereocenters. The second-order valence-electron chi connectivity index (χ2n) is 4.68. The first-order chi connectivity index (χ1) is 9.36. The Labute approximate surface area is 122 Å². The van der Waals surface area contributed by atoms with Crippen molar-refractivity contribution in [1.29, 1.82) is 0 Å². The van der Waals surface area contributed by atoms with Crippen LogP contribution in [0.1, 0.15) is 27.7 Å². The van der Waals surface area contributed by atoms with E-state index >= 15 is 0 Å². The van der Waals surface area contributed by atoms with Crippen molar-refractivity contribution in [3.63, 3.8) is 0 Å². The summed E-state index contributed by atoms with van der Waals surface area (Å²) >= 11 is 1.51. The molecule has 5 nitrogen and oxygen atoms in total. The van der Waals surface area contributed by atoms with Crippen LogP contribution in [0.4, 0.5) is 4.39 Å². The van der Waals surface area contributed by atoms with Gasteiger partial charge in [0.1, 0.15) is 24.3 Å². The number of carbonyl (C=O) groups is 2. The van der Waals surface area contributed by atoms with Gasteiger partial charge in [-0.05, 0) is 5.75 Å². The van der Waals surface area contributed by atoms with E-state index in [1.807, 2.05) is 6.92 Å². The number of hydrogen-bond acceptors (Lipinski definition) is 6. The summed E-state index contributed by atoms with van der Waals surface area (Å²) in [7, 11) is 0. The summed E-state index contributed by atoms with van der Waals surface area (Å²) in [5.74, 6) is -0.507. The van der Waals surface area contributed by atoms with Crippen LogP contribution >= 0.6 is 11.8 Å². The van der Waals surface area contributed by atoms with Gasteiger partial charge in [-0.2, -0.15) is 0 Å². The Hall–Kier alpha value is -0.820. The zero-order chi connectivity index (χ0) is 15.3. The molecule has 20 heavy (non-hydrogen) atoms. The largest absolute Gasteiger partial charge is 0.463 e. The maximum Gasteiger partial charge on any atom is 0.303 e. The molecule has 0 spiro atoms. The van der Waals surface area contributed by atoms with Crippen LogP contribution in [0.15, 0.2) is 0 Å². The Morgan fingerprint density at radius 1 is 1.30 bits per heavy atom. The molecule has 1 heterocycles. The third-order valence-electron chi connectivity index (χ3n) is 3.01. The molecule has 1 fully saturated rings. The second-order valence-corrected chi connectivity index (χ2v) is 6.05. The fourth-order valence-corrected chi connectivity index (χ4v) is 3.09. The fourth-order valence-electron chi connectivity index (χ4n) is 2.08. The Morgan fingerprint density at radius 3 is 2.45 bits per heavy atom. The van der Waals surface area contributed by atoms with Crippen molar-refractivity contribution in [1.82, 2.24) is 0 Å². The summed E-state index contributed by atoms with van der Waals surface area (Å²) in [5.41, 5.74) is -0.295. The lowest BCUT2D eigenvalue weighted by atomic mass is 9.94. The normalized spacial score (nSPS) is 33.5. The molecule has 0 aliphatic carbocycles. The van der Waals surface area contributed by atoms with Crippen molar-refractivity contribution < 1.29 is 28.2 Å². The minimum Gasteiger partial charge on any atom is -0.463 e. The molecule has 7 heteroatoms. The Bertz CT molecular complexity index is 352. The van der Waals surface area contributed by atoms with E-state index in [1.54, 1.807) is 6.92 Å². The van der Waals surface area contributed by atoms with Crippen molar-refractivity contribution in [2.45, 2.75) is 51.5 Å². The van der Waals surface area contributed by atoms with Crippen molar-refractivity contribution in [3.05, 3.63) is 0 Å². The van der Waals surface area contributed by atoms with E-state index in [0.717, 1.165) is 5.75 Å². The lowest BCUT2D eigenvalue weighted by Gasteiger charge is -2.41. The molecule has 0 aromatic heterocycles. The first-order valence-corrected chi connectivity index (χ1v) is 7.63. The standard InChI is InChI=1S/C13H21FO5S/c1-5-20-13-7(2)12(18-9(4)16)11(14)10(19-13)6-17-8(3)15/h7,10-13H,5-6H2,1-4H3/t7?,10?,11?,12-,13+/m1/s1. The zero-order valence-corrected chi connectivity index (χ0v) is 12.9. The SMILES string of the molecule is CCS[C@@H]1OC(COC(C)=O)C(F)[C@H](OC(C)=O)C1C. The van der Waals surface area contributed by atoms with Crippen molar-refractivity contribution in [3.8, 4) is 0 Å². The number of alkyl halides is 1. The van der Waals surface area contributed by atoms with Gasteiger partial charge in [0.2, 0.25) is 0 Å². The smallest absolute Gasteiger partial charge is 0.303 e. The van der Waals surface area contributed by atoms with Gasteiger partial charge in [-0.3, -0.25) is 9.59 Å². The van der Waals surface area contributed by atoms with Gasteiger partial charge < -0.3 is 14.2 Å². The molecule has 0 aromatic carbocycles. The van der Waals surface area contributed by atoms with Crippen LogP contribution in [-0.2, 0) is 23.8 Å². The molecular formula is C13H21FO5S. The predicted molar refractivity (Wildman–Crippen MR) is 73.0 cm³/mol. The first-order valence-electron chi connectivity index (χ1n) is 6.58. The molecule has 0 bridgehead atoms. The van der Waals surface area contributed by atoms with Gasteiger partial charge in [0.25, 0.3) is 0 Å². The Kier molecular flexibility index (Phi) is 6.75. The van der Waals surface area contributed by atoms with Gasteiger partial charge >= 0.3 is 11.9 Å². The van der Waals surface area contributed by atoms with Gasteiger partial charge in [0.15, 0.2) is 6.17 Å².